The van der Waals surface area contributed by atoms with Crippen molar-refractivity contribution in [1.29, 1.82) is 0 Å². The molecule has 4 aromatic rings. The van der Waals surface area contributed by atoms with Crippen molar-refractivity contribution in [2.24, 2.45) is 0 Å². The van der Waals surface area contributed by atoms with E-state index >= 15 is 0 Å². The lowest BCUT2D eigenvalue weighted by Gasteiger charge is -2.02. The molecule has 1 aromatic carbocycles. The highest BCUT2D eigenvalue weighted by molar-refractivity contribution is 9.10. The van der Waals surface area contributed by atoms with Gasteiger partial charge in [-0.1, -0.05) is 18.2 Å². The van der Waals surface area contributed by atoms with Crippen molar-refractivity contribution in [1.82, 2.24) is 14.6 Å². The molecule has 3 aromatic heterocycles. The summed E-state index contributed by atoms with van der Waals surface area (Å²) in [4.78, 5) is 3.28. The maximum Gasteiger partial charge on any atom is 0.145 e. The van der Waals surface area contributed by atoms with Crippen LogP contribution in [-0.4, -0.2) is 21.7 Å². The topological polar surface area (TPSA) is 42.3 Å². The summed E-state index contributed by atoms with van der Waals surface area (Å²) in [5.41, 5.74) is 4.06. The zero-order chi connectivity index (χ0) is 14.4. The van der Waals surface area contributed by atoms with E-state index < -0.39 is 0 Å². The second kappa shape index (κ2) is 4.63. The molecule has 0 aliphatic heterocycles. The molecule has 21 heavy (non-hydrogen) atoms. The minimum absolute atomic E-state index is 0.794. The van der Waals surface area contributed by atoms with Crippen LogP contribution in [0.2, 0.25) is 0 Å². The summed E-state index contributed by atoms with van der Waals surface area (Å²) in [5.74, 6) is 0.794. The molecule has 1 N–H and O–H groups in total. The Hall–Kier alpha value is -2.27. The second-order valence-electron chi connectivity index (χ2n) is 4.83. The van der Waals surface area contributed by atoms with Gasteiger partial charge in [0.2, 0.25) is 0 Å². The average Bonchev–Trinajstić information content (AvgIpc) is 3.09. The zero-order valence-electron chi connectivity index (χ0n) is 11.3. The fourth-order valence-electron chi connectivity index (χ4n) is 2.61. The van der Waals surface area contributed by atoms with Crippen LogP contribution in [0.25, 0.3) is 27.7 Å². The van der Waals surface area contributed by atoms with Crippen LogP contribution in [0.4, 0.5) is 0 Å². The Morgan fingerprint density at radius 3 is 2.95 bits per heavy atom. The molecule has 4 nitrogen and oxygen atoms in total. The van der Waals surface area contributed by atoms with Crippen LogP contribution in [0.5, 0.6) is 5.75 Å². The molecular weight excluding hydrogens is 330 g/mol. The molecule has 0 bridgehead atoms. The molecule has 0 amide bonds. The Labute approximate surface area is 129 Å². The van der Waals surface area contributed by atoms with Gasteiger partial charge >= 0.3 is 0 Å². The van der Waals surface area contributed by atoms with Crippen molar-refractivity contribution in [2.75, 3.05) is 7.11 Å². The molecule has 0 saturated carbocycles. The van der Waals surface area contributed by atoms with E-state index in [0.29, 0.717) is 0 Å². The average molecular weight is 342 g/mol. The summed E-state index contributed by atoms with van der Waals surface area (Å²) in [6.45, 7) is 0. The van der Waals surface area contributed by atoms with Crippen LogP contribution >= 0.6 is 15.9 Å². The monoisotopic (exact) mass is 341 g/mol. The molecule has 5 heteroatoms. The summed E-state index contributed by atoms with van der Waals surface area (Å²) in [7, 11) is 1.67. The van der Waals surface area contributed by atoms with Gasteiger partial charge in [-0.05, 0) is 34.1 Å². The molecule has 4 rings (SSSR count). The summed E-state index contributed by atoms with van der Waals surface area (Å²) >= 11 is 3.47. The highest BCUT2D eigenvalue weighted by Gasteiger charge is 2.12. The first-order valence-electron chi connectivity index (χ1n) is 6.55. The molecule has 3 heterocycles. The van der Waals surface area contributed by atoms with Crippen LogP contribution in [0.1, 0.15) is 0 Å². The maximum absolute atomic E-state index is 5.43. The Bertz CT molecular complexity index is 955. The maximum atomic E-state index is 5.43. The largest absolute Gasteiger partial charge is 0.494 e. The third-order valence-electron chi connectivity index (χ3n) is 3.59. The number of nitrogens with zero attached hydrogens (tertiary/aromatic N) is 2. The van der Waals surface area contributed by atoms with Gasteiger partial charge in [0.05, 0.1) is 12.8 Å². The number of hydrogen-bond acceptors (Lipinski definition) is 2. The van der Waals surface area contributed by atoms with Crippen molar-refractivity contribution in [2.45, 2.75) is 0 Å². The number of methoxy groups -OCH3 is 1. The second-order valence-corrected chi connectivity index (χ2v) is 5.75. The van der Waals surface area contributed by atoms with Gasteiger partial charge in [0.1, 0.15) is 11.3 Å². The van der Waals surface area contributed by atoms with Gasteiger partial charge in [-0.2, -0.15) is 5.10 Å². The van der Waals surface area contributed by atoms with Gasteiger partial charge in [0.15, 0.2) is 0 Å². The van der Waals surface area contributed by atoms with E-state index in [1.807, 2.05) is 41.2 Å². The number of para-hydroxylation sites is 1. The van der Waals surface area contributed by atoms with E-state index in [1.165, 1.54) is 5.39 Å². The standard InChI is InChI=1S/C16H12BrN3O/c1-21-16-6-10(17)9-20-15(16)7-14(19-20)12-8-18-13-5-3-2-4-11(12)13/h2-9,18H,1H3. The summed E-state index contributed by atoms with van der Waals surface area (Å²) in [6.07, 6.45) is 3.92. The number of aromatic nitrogens is 3. The fourth-order valence-corrected chi connectivity index (χ4v) is 3.01. The van der Waals surface area contributed by atoms with E-state index in [1.54, 1.807) is 7.11 Å². The lowest BCUT2D eigenvalue weighted by molar-refractivity contribution is 0.417. The van der Waals surface area contributed by atoms with Crippen LogP contribution in [0, 0.1) is 0 Å². The predicted octanol–water partition coefficient (Wildman–Crippen LogP) is 4.25. The number of hydrogen-bond donors (Lipinski definition) is 1. The molecule has 0 atom stereocenters. The number of fused-ring (bicyclic) bond motifs is 2. The highest BCUT2D eigenvalue weighted by atomic mass is 79.9. The Kier molecular flexibility index (Phi) is 2.75. The number of rotatable bonds is 2. The molecule has 0 unspecified atom stereocenters. The third-order valence-corrected chi connectivity index (χ3v) is 4.02. The number of pyridine rings is 1. The number of ether oxygens (including phenoxy) is 1. The van der Waals surface area contributed by atoms with E-state index in [2.05, 4.69) is 38.1 Å². The predicted molar refractivity (Wildman–Crippen MR) is 86.7 cm³/mol. The Morgan fingerprint density at radius 2 is 2.10 bits per heavy atom. The van der Waals surface area contributed by atoms with Crippen LogP contribution < -0.4 is 4.74 Å². The van der Waals surface area contributed by atoms with Gasteiger partial charge in [0, 0.05) is 33.3 Å². The van der Waals surface area contributed by atoms with Gasteiger partial charge < -0.3 is 9.72 Å². The van der Waals surface area contributed by atoms with Crippen LogP contribution in [0.3, 0.4) is 0 Å². The summed E-state index contributed by atoms with van der Waals surface area (Å²) in [6, 6.07) is 12.2. The Balaban J connectivity index is 1.99. The fraction of sp³-hybridized carbons (Fsp3) is 0.0625. The zero-order valence-corrected chi connectivity index (χ0v) is 12.9. The molecule has 0 fully saturated rings. The Morgan fingerprint density at radius 1 is 1.24 bits per heavy atom. The molecular formula is C16H12BrN3O. The normalized spacial score (nSPS) is 11.3. The molecule has 0 spiro atoms. The number of aromatic amines is 1. The van der Waals surface area contributed by atoms with E-state index in [9.17, 15) is 0 Å². The van der Waals surface area contributed by atoms with E-state index in [-0.39, 0.29) is 0 Å². The molecule has 0 radical (unpaired) electrons. The summed E-state index contributed by atoms with van der Waals surface area (Å²) in [5, 5.41) is 5.83. The summed E-state index contributed by atoms with van der Waals surface area (Å²) < 4.78 is 8.19. The molecule has 104 valence electrons. The first-order chi connectivity index (χ1) is 10.3. The van der Waals surface area contributed by atoms with Crippen molar-refractivity contribution >= 4 is 32.3 Å². The van der Waals surface area contributed by atoms with Gasteiger partial charge in [-0.25, -0.2) is 4.52 Å². The SMILES string of the molecule is COc1cc(Br)cn2nc(-c3c[nH]c4ccccc34)cc12. The first kappa shape index (κ1) is 12.5. The first-order valence-corrected chi connectivity index (χ1v) is 7.35. The van der Waals surface area contributed by atoms with Crippen molar-refractivity contribution in [3.05, 3.63) is 53.3 Å². The molecule has 0 aliphatic carbocycles. The van der Waals surface area contributed by atoms with Crippen molar-refractivity contribution < 1.29 is 4.74 Å². The van der Waals surface area contributed by atoms with Gasteiger partial charge in [0.25, 0.3) is 0 Å². The molecule has 0 aliphatic rings. The molecule has 0 saturated heterocycles. The van der Waals surface area contributed by atoms with Crippen LogP contribution in [0.15, 0.2) is 53.3 Å². The van der Waals surface area contributed by atoms with Gasteiger partial charge in [-0.3, -0.25) is 0 Å². The lowest BCUT2D eigenvalue weighted by atomic mass is 10.1. The van der Waals surface area contributed by atoms with Crippen molar-refractivity contribution in [3.63, 3.8) is 0 Å². The number of nitrogens with one attached hydrogen (secondary N) is 1. The number of halogens is 1. The van der Waals surface area contributed by atoms with Gasteiger partial charge in [-0.15, -0.1) is 0 Å². The van der Waals surface area contributed by atoms with E-state index in [0.717, 1.165) is 32.5 Å². The number of H-pyrrole nitrogens is 1. The minimum atomic E-state index is 0.794. The quantitative estimate of drug-likeness (QED) is 0.592. The van der Waals surface area contributed by atoms with Crippen molar-refractivity contribution in [3.8, 4) is 17.0 Å². The lowest BCUT2D eigenvalue weighted by Crippen LogP contribution is -1.91. The smallest absolute Gasteiger partial charge is 0.145 e. The number of benzene rings is 1. The van der Waals surface area contributed by atoms with E-state index in [4.69, 9.17) is 4.74 Å². The minimum Gasteiger partial charge on any atom is -0.494 e. The third kappa shape index (κ3) is 1.93. The highest BCUT2D eigenvalue weighted by Crippen LogP contribution is 2.31. The van der Waals surface area contributed by atoms with Crippen LogP contribution in [-0.2, 0) is 0 Å².